The first-order chi connectivity index (χ1) is 8.70. The van der Waals surface area contributed by atoms with Gasteiger partial charge in [-0.25, -0.2) is 12.8 Å². The van der Waals surface area contributed by atoms with E-state index in [1.807, 2.05) is 0 Å². The minimum atomic E-state index is -3.79. The number of likely N-dealkylation sites (N-methyl/N-ethyl adjacent to an activating group) is 1. The number of rotatable bonds is 5. The third-order valence-electron chi connectivity index (χ3n) is 2.50. The summed E-state index contributed by atoms with van der Waals surface area (Å²) in [7, 11) is -2.39. The van der Waals surface area contributed by atoms with Gasteiger partial charge in [0.05, 0.1) is 9.92 Å². The maximum Gasteiger partial charge on any atom is 0.243 e. The first-order valence-corrected chi connectivity index (χ1v) is 7.30. The molecular formula is C12H16ClFN2O2S. The van der Waals surface area contributed by atoms with Crippen LogP contribution in [0.3, 0.4) is 0 Å². The molecule has 0 spiro atoms. The first-order valence-electron chi connectivity index (χ1n) is 5.49. The molecule has 0 aliphatic carbocycles. The predicted molar refractivity (Wildman–Crippen MR) is 73.9 cm³/mol. The van der Waals surface area contributed by atoms with E-state index in [1.54, 1.807) is 6.92 Å². The average Bonchev–Trinajstić information content (AvgIpc) is 2.31. The van der Waals surface area contributed by atoms with Crippen LogP contribution in [-0.4, -0.2) is 26.3 Å². The highest BCUT2D eigenvalue weighted by molar-refractivity contribution is 7.89. The molecule has 0 bridgehead atoms. The molecule has 106 valence electrons. The van der Waals surface area contributed by atoms with Gasteiger partial charge in [-0.3, -0.25) is 0 Å². The van der Waals surface area contributed by atoms with Crippen LogP contribution in [0.25, 0.3) is 0 Å². The summed E-state index contributed by atoms with van der Waals surface area (Å²) in [6.07, 6.45) is 0. The van der Waals surface area contributed by atoms with Crippen molar-refractivity contribution in [2.75, 3.05) is 13.6 Å². The van der Waals surface area contributed by atoms with Crippen LogP contribution in [0, 0.1) is 5.82 Å². The number of sulfonamides is 1. The van der Waals surface area contributed by atoms with Crippen LogP contribution in [0.2, 0.25) is 5.02 Å². The van der Waals surface area contributed by atoms with Crippen molar-refractivity contribution in [3.05, 3.63) is 40.7 Å². The van der Waals surface area contributed by atoms with Crippen molar-refractivity contribution in [1.29, 1.82) is 0 Å². The zero-order valence-electron chi connectivity index (χ0n) is 10.8. The third-order valence-corrected chi connectivity index (χ3v) is 4.70. The van der Waals surface area contributed by atoms with E-state index >= 15 is 0 Å². The highest BCUT2D eigenvalue weighted by atomic mass is 35.5. The van der Waals surface area contributed by atoms with Gasteiger partial charge in [0.15, 0.2) is 0 Å². The minimum Gasteiger partial charge on any atom is -0.326 e. The highest BCUT2D eigenvalue weighted by Crippen LogP contribution is 2.25. The summed E-state index contributed by atoms with van der Waals surface area (Å²) in [6.45, 7) is 5.47. The van der Waals surface area contributed by atoms with Gasteiger partial charge in [0.2, 0.25) is 10.0 Å². The lowest BCUT2D eigenvalue weighted by atomic mass is 10.2. The van der Waals surface area contributed by atoms with E-state index < -0.39 is 15.8 Å². The topological polar surface area (TPSA) is 63.4 Å². The molecule has 4 nitrogen and oxygen atoms in total. The van der Waals surface area contributed by atoms with Crippen molar-refractivity contribution in [1.82, 2.24) is 4.31 Å². The summed E-state index contributed by atoms with van der Waals surface area (Å²) in [4.78, 5) is -0.168. The maximum atomic E-state index is 13.6. The second-order valence-electron chi connectivity index (χ2n) is 4.30. The molecule has 1 rings (SSSR count). The molecule has 19 heavy (non-hydrogen) atoms. The Bertz CT molecular complexity index is 602. The SMILES string of the molecule is C=C(C)CN(C)S(=O)(=O)c1cc(F)c(Cl)c(CN)c1. The van der Waals surface area contributed by atoms with E-state index in [-0.39, 0.29) is 28.6 Å². The zero-order valence-corrected chi connectivity index (χ0v) is 12.4. The van der Waals surface area contributed by atoms with Crippen LogP contribution < -0.4 is 5.73 Å². The fraction of sp³-hybridized carbons (Fsp3) is 0.333. The number of benzene rings is 1. The van der Waals surface area contributed by atoms with Crippen molar-refractivity contribution >= 4 is 21.6 Å². The molecule has 0 atom stereocenters. The Morgan fingerprint density at radius 2 is 2.11 bits per heavy atom. The lowest BCUT2D eigenvalue weighted by Crippen LogP contribution is -2.28. The molecule has 0 fully saturated rings. The molecule has 2 N–H and O–H groups in total. The van der Waals surface area contributed by atoms with E-state index in [0.29, 0.717) is 5.57 Å². The highest BCUT2D eigenvalue weighted by Gasteiger charge is 2.23. The first kappa shape index (κ1) is 16.1. The molecule has 0 saturated heterocycles. The van der Waals surface area contributed by atoms with Crippen molar-refractivity contribution in [2.45, 2.75) is 18.4 Å². The Morgan fingerprint density at radius 3 is 2.58 bits per heavy atom. The normalized spacial score (nSPS) is 11.9. The lowest BCUT2D eigenvalue weighted by molar-refractivity contribution is 0.492. The van der Waals surface area contributed by atoms with Gasteiger partial charge in [0.25, 0.3) is 0 Å². The fourth-order valence-electron chi connectivity index (χ4n) is 1.56. The van der Waals surface area contributed by atoms with Gasteiger partial charge >= 0.3 is 0 Å². The minimum absolute atomic E-state index is 0.0384. The Morgan fingerprint density at radius 1 is 1.53 bits per heavy atom. The monoisotopic (exact) mass is 306 g/mol. The molecule has 0 unspecified atom stereocenters. The van der Waals surface area contributed by atoms with Gasteiger partial charge in [-0.15, -0.1) is 0 Å². The van der Waals surface area contributed by atoms with Crippen LogP contribution >= 0.6 is 11.6 Å². The summed E-state index contributed by atoms with van der Waals surface area (Å²) in [6, 6.07) is 2.18. The largest absolute Gasteiger partial charge is 0.326 e. The molecule has 1 aromatic carbocycles. The van der Waals surface area contributed by atoms with Crippen LogP contribution in [-0.2, 0) is 16.6 Å². The summed E-state index contributed by atoms with van der Waals surface area (Å²) >= 11 is 5.70. The van der Waals surface area contributed by atoms with Gasteiger partial charge in [-0.05, 0) is 24.6 Å². The van der Waals surface area contributed by atoms with Crippen LogP contribution in [0.15, 0.2) is 29.2 Å². The number of halogens is 2. The molecule has 0 aromatic heterocycles. The van der Waals surface area contributed by atoms with Gasteiger partial charge in [0, 0.05) is 20.1 Å². The number of hydrogen-bond acceptors (Lipinski definition) is 3. The van der Waals surface area contributed by atoms with Crippen LogP contribution in [0.1, 0.15) is 12.5 Å². The molecule has 0 aliphatic heterocycles. The molecule has 0 radical (unpaired) electrons. The molecular weight excluding hydrogens is 291 g/mol. The lowest BCUT2D eigenvalue weighted by Gasteiger charge is -2.18. The van der Waals surface area contributed by atoms with Gasteiger partial charge in [0.1, 0.15) is 5.82 Å². The van der Waals surface area contributed by atoms with E-state index in [4.69, 9.17) is 17.3 Å². The standard InChI is InChI=1S/C12H16ClFN2O2S/c1-8(2)7-16(3)19(17,18)10-4-9(6-15)12(13)11(14)5-10/h4-5H,1,6-7,15H2,2-3H3. The second kappa shape index (κ2) is 6.00. The molecule has 7 heteroatoms. The summed E-state index contributed by atoms with van der Waals surface area (Å²) < 4.78 is 39.2. The van der Waals surface area contributed by atoms with E-state index in [2.05, 4.69) is 6.58 Å². The second-order valence-corrected chi connectivity index (χ2v) is 6.72. The Balaban J connectivity index is 3.29. The van der Waals surface area contributed by atoms with E-state index in [9.17, 15) is 12.8 Å². The average molecular weight is 307 g/mol. The van der Waals surface area contributed by atoms with Crippen molar-refractivity contribution < 1.29 is 12.8 Å². The molecule has 0 heterocycles. The quantitative estimate of drug-likeness (QED) is 0.848. The van der Waals surface area contributed by atoms with Crippen molar-refractivity contribution in [2.24, 2.45) is 5.73 Å². The molecule has 0 amide bonds. The number of nitrogens with zero attached hydrogens (tertiary/aromatic N) is 1. The Kier molecular flexibility index (Phi) is 5.09. The summed E-state index contributed by atoms with van der Waals surface area (Å²) in [5.74, 6) is -0.799. The van der Waals surface area contributed by atoms with E-state index in [1.165, 1.54) is 13.1 Å². The molecule has 0 aliphatic rings. The molecule has 1 aromatic rings. The summed E-state index contributed by atoms with van der Waals surface area (Å²) in [5.41, 5.74) is 6.35. The number of nitrogens with two attached hydrogens (primary N) is 1. The maximum absolute atomic E-state index is 13.6. The van der Waals surface area contributed by atoms with Gasteiger partial charge in [-0.1, -0.05) is 23.8 Å². The van der Waals surface area contributed by atoms with Crippen LogP contribution in [0.4, 0.5) is 4.39 Å². The van der Waals surface area contributed by atoms with E-state index in [0.717, 1.165) is 10.4 Å². The van der Waals surface area contributed by atoms with Crippen molar-refractivity contribution in [3.8, 4) is 0 Å². The fourth-order valence-corrected chi connectivity index (χ4v) is 3.04. The van der Waals surface area contributed by atoms with Gasteiger partial charge in [-0.2, -0.15) is 4.31 Å². The van der Waals surface area contributed by atoms with Gasteiger partial charge < -0.3 is 5.73 Å². The third kappa shape index (κ3) is 3.54. The predicted octanol–water partition coefficient (Wildman–Crippen LogP) is 2.13. The number of hydrogen-bond donors (Lipinski definition) is 1. The van der Waals surface area contributed by atoms with Crippen LogP contribution in [0.5, 0.6) is 0 Å². The Labute approximate surface area is 117 Å². The molecule has 0 saturated carbocycles. The summed E-state index contributed by atoms with van der Waals surface area (Å²) in [5, 5.41) is -0.149. The smallest absolute Gasteiger partial charge is 0.243 e. The van der Waals surface area contributed by atoms with Crippen molar-refractivity contribution in [3.63, 3.8) is 0 Å². The Hall–Kier alpha value is -0.950. The zero-order chi connectivity index (χ0) is 14.8.